The Balaban J connectivity index is 2.90. The third kappa shape index (κ3) is 2.20. The van der Waals surface area contributed by atoms with Gasteiger partial charge in [0.2, 0.25) is 7.37 Å². The maximum Gasteiger partial charge on any atom is 0.229 e. The normalized spacial score (nSPS) is 15.5. The molecule has 0 heterocycles. The largest absolute Gasteiger partial charge is 0.341 e. The zero-order valence-electron chi connectivity index (χ0n) is 7.10. The summed E-state index contributed by atoms with van der Waals surface area (Å²) in [6, 6.07) is 8.82. The molecule has 1 aromatic carbocycles. The van der Waals surface area contributed by atoms with Gasteiger partial charge in [0.1, 0.15) is 0 Å². The van der Waals surface area contributed by atoms with Crippen molar-refractivity contribution >= 4 is 12.7 Å². The van der Waals surface area contributed by atoms with Gasteiger partial charge in [-0.2, -0.15) is 0 Å². The van der Waals surface area contributed by atoms with Crippen molar-refractivity contribution in [2.45, 2.75) is 13.3 Å². The monoisotopic (exact) mass is 184 g/mol. The van der Waals surface area contributed by atoms with E-state index in [9.17, 15) is 9.46 Å². The molecule has 12 heavy (non-hydrogen) atoms. The van der Waals surface area contributed by atoms with Crippen molar-refractivity contribution in [2.75, 3.05) is 6.16 Å². The van der Waals surface area contributed by atoms with Crippen LogP contribution in [0.4, 0.5) is 0 Å². The van der Waals surface area contributed by atoms with E-state index in [1.165, 1.54) is 0 Å². The first-order valence-corrected chi connectivity index (χ1v) is 5.89. The van der Waals surface area contributed by atoms with Crippen molar-refractivity contribution in [3.63, 3.8) is 0 Å². The lowest BCUT2D eigenvalue weighted by Gasteiger charge is -2.09. The van der Waals surface area contributed by atoms with Crippen LogP contribution in [-0.4, -0.2) is 11.1 Å². The Kier molecular flexibility index (Phi) is 3.07. The minimum Gasteiger partial charge on any atom is -0.341 e. The van der Waals surface area contributed by atoms with Crippen LogP contribution >= 0.6 is 7.37 Å². The van der Waals surface area contributed by atoms with Crippen LogP contribution in [0.5, 0.6) is 0 Å². The van der Waals surface area contributed by atoms with E-state index in [0.717, 1.165) is 6.42 Å². The molecule has 2 nitrogen and oxygen atoms in total. The van der Waals surface area contributed by atoms with E-state index >= 15 is 0 Å². The zero-order valence-corrected chi connectivity index (χ0v) is 8.00. The average Bonchev–Trinajstić information content (AvgIpc) is 2.06. The smallest absolute Gasteiger partial charge is 0.229 e. The second-order valence-corrected chi connectivity index (χ2v) is 5.13. The molecular weight excluding hydrogens is 171 g/mol. The third-order valence-electron chi connectivity index (χ3n) is 1.69. The fraction of sp³-hybridized carbons (Fsp3) is 0.333. The lowest BCUT2D eigenvalue weighted by molar-refractivity contribution is 0.489. The van der Waals surface area contributed by atoms with E-state index in [0.29, 0.717) is 11.5 Å². The van der Waals surface area contributed by atoms with Crippen LogP contribution in [0.3, 0.4) is 0 Å². The van der Waals surface area contributed by atoms with Crippen molar-refractivity contribution in [2.24, 2.45) is 0 Å². The molecule has 0 amide bonds. The number of hydrogen-bond acceptors (Lipinski definition) is 1. The Morgan fingerprint density at radius 1 is 1.33 bits per heavy atom. The summed E-state index contributed by atoms with van der Waals surface area (Å²) in [5, 5.41) is 0.562. The summed E-state index contributed by atoms with van der Waals surface area (Å²) in [7, 11) is -3.04. The molecule has 0 bridgehead atoms. The van der Waals surface area contributed by atoms with Crippen molar-refractivity contribution in [1.82, 2.24) is 0 Å². The summed E-state index contributed by atoms with van der Waals surface area (Å²) in [6.45, 7) is 1.91. The Morgan fingerprint density at radius 3 is 2.42 bits per heavy atom. The first kappa shape index (κ1) is 9.50. The van der Waals surface area contributed by atoms with Gasteiger partial charge in [-0.1, -0.05) is 25.1 Å². The quantitative estimate of drug-likeness (QED) is 0.729. The summed E-state index contributed by atoms with van der Waals surface area (Å²) in [5.41, 5.74) is 0. The van der Waals surface area contributed by atoms with Gasteiger partial charge in [-0.05, 0) is 18.6 Å². The predicted octanol–water partition coefficient (Wildman–Crippen LogP) is 1.99. The highest BCUT2D eigenvalue weighted by atomic mass is 31.2. The fourth-order valence-electron chi connectivity index (χ4n) is 1.09. The molecule has 0 aliphatic rings. The topological polar surface area (TPSA) is 37.3 Å². The molecule has 1 unspecified atom stereocenters. The van der Waals surface area contributed by atoms with Crippen LogP contribution in [0.2, 0.25) is 0 Å². The molecule has 0 radical (unpaired) electrons. The van der Waals surface area contributed by atoms with Crippen molar-refractivity contribution in [1.29, 1.82) is 0 Å². The Morgan fingerprint density at radius 2 is 1.92 bits per heavy atom. The Bertz CT molecular complexity index is 282. The average molecular weight is 184 g/mol. The van der Waals surface area contributed by atoms with Gasteiger partial charge in [0.05, 0.1) is 0 Å². The van der Waals surface area contributed by atoms with E-state index < -0.39 is 7.37 Å². The summed E-state index contributed by atoms with van der Waals surface area (Å²) >= 11 is 0. The molecule has 1 atom stereocenters. The van der Waals surface area contributed by atoms with E-state index in [4.69, 9.17) is 0 Å². The molecule has 66 valence electrons. The standard InChI is InChI=1S/C9H13O2P/c1-2-8-12(10,11)9-6-4-3-5-7-9/h3-7H,2,8H2,1H3,(H,10,11). The van der Waals surface area contributed by atoms with Crippen LogP contribution in [0.15, 0.2) is 30.3 Å². The molecule has 0 aliphatic heterocycles. The highest BCUT2D eigenvalue weighted by molar-refractivity contribution is 7.66. The maximum absolute atomic E-state index is 11.6. The molecule has 0 saturated carbocycles. The Labute approximate surface area is 72.7 Å². The molecule has 0 aromatic heterocycles. The summed E-state index contributed by atoms with van der Waals surface area (Å²) < 4.78 is 11.6. The Hall–Kier alpha value is -0.590. The van der Waals surface area contributed by atoms with Gasteiger partial charge in [0.15, 0.2) is 0 Å². The minimum atomic E-state index is -3.04. The van der Waals surface area contributed by atoms with E-state index in [1.54, 1.807) is 24.3 Å². The van der Waals surface area contributed by atoms with Gasteiger partial charge in [-0.15, -0.1) is 0 Å². The molecule has 0 fully saturated rings. The zero-order chi connectivity index (χ0) is 9.03. The lowest BCUT2D eigenvalue weighted by Crippen LogP contribution is -2.05. The highest BCUT2D eigenvalue weighted by Gasteiger charge is 2.18. The summed E-state index contributed by atoms with van der Waals surface area (Å²) in [4.78, 5) is 9.54. The SMILES string of the molecule is CCCP(=O)(O)c1ccccc1. The van der Waals surface area contributed by atoms with E-state index in [1.807, 2.05) is 13.0 Å². The molecule has 0 aliphatic carbocycles. The molecule has 1 N–H and O–H groups in total. The molecule has 0 spiro atoms. The van der Waals surface area contributed by atoms with Crippen molar-refractivity contribution < 1.29 is 9.46 Å². The van der Waals surface area contributed by atoms with Gasteiger partial charge < -0.3 is 4.89 Å². The van der Waals surface area contributed by atoms with Gasteiger partial charge in [0.25, 0.3) is 0 Å². The second kappa shape index (κ2) is 3.88. The van der Waals surface area contributed by atoms with Crippen LogP contribution in [-0.2, 0) is 4.57 Å². The van der Waals surface area contributed by atoms with Crippen LogP contribution in [0.25, 0.3) is 0 Å². The van der Waals surface area contributed by atoms with Crippen molar-refractivity contribution in [3.8, 4) is 0 Å². The second-order valence-electron chi connectivity index (χ2n) is 2.76. The fourth-order valence-corrected chi connectivity index (χ4v) is 2.60. The summed E-state index contributed by atoms with van der Waals surface area (Å²) in [6.07, 6.45) is 1.11. The molecule has 3 heteroatoms. The van der Waals surface area contributed by atoms with Gasteiger partial charge in [0, 0.05) is 11.5 Å². The summed E-state index contributed by atoms with van der Waals surface area (Å²) in [5.74, 6) is 0. The first-order chi connectivity index (χ1) is 5.67. The molecular formula is C9H13O2P. The van der Waals surface area contributed by atoms with Gasteiger partial charge in [-0.25, -0.2) is 0 Å². The molecule has 0 saturated heterocycles. The number of hydrogen-bond donors (Lipinski definition) is 1. The van der Waals surface area contributed by atoms with Crippen LogP contribution in [0, 0.1) is 0 Å². The number of rotatable bonds is 3. The van der Waals surface area contributed by atoms with Gasteiger partial charge >= 0.3 is 0 Å². The molecule has 1 rings (SSSR count). The van der Waals surface area contributed by atoms with Crippen LogP contribution in [0.1, 0.15) is 13.3 Å². The lowest BCUT2D eigenvalue weighted by atomic mass is 10.4. The first-order valence-electron chi connectivity index (χ1n) is 4.04. The molecule has 1 aromatic rings. The van der Waals surface area contributed by atoms with Crippen LogP contribution < -0.4 is 5.30 Å². The third-order valence-corrected chi connectivity index (χ3v) is 3.84. The van der Waals surface area contributed by atoms with E-state index in [2.05, 4.69) is 0 Å². The van der Waals surface area contributed by atoms with Crippen molar-refractivity contribution in [3.05, 3.63) is 30.3 Å². The maximum atomic E-state index is 11.6. The number of benzene rings is 1. The van der Waals surface area contributed by atoms with E-state index in [-0.39, 0.29) is 0 Å². The van der Waals surface area contributed by atoms with Gasteiger partial charge in [-0.3, -0.25) is 4.57 Å². The predicted molar refractivity (Wildman–Crippen MR) is 51.1 cm³/mol. The minimum absolute atomic E-state index is 0.372. The highest BCUT2D eigenvalue weighted by Crippen LogP contribution is 2.39.